The zero-order valence-corrected chi connectivity index (χ0v) is 20.4. The van der Waals surface area contributed by atoms with Crippen molar-refractivity contribution in [1.29, 1.82) is 0 Å². The highest BCUT2D eigenvalue weighted by Gasteiger charge is 2.28. The van der Waals surface area contributed by atoms with Crippen LogP contribution in [0.5, 0.6) is 0 Å². The Bertz CT molecular complexity index is 816. The Kier molecular flexibility index (Phi) is 8.19. The van der Waals surface area contributed by atoms with Crippen molar-refractivity contribution in [1.82, 2.24) is 4.90 Å². The molecule has 1 unspecified atom stereocenters. The van der Waals surface area contributed by atoms with Crippen LogP contribution >= 0.6 is 0 Å². The summed E-state index contributed by atoms with van der Waals surface area (Å²) in [6, 6.07) is 8.08. The first-order valence-electron chi connectivity index (χ1n) is 11.9. The van der Waals surface area contributed by atoms with Crippen LogP contribution in [0, 0.1) is 11.8 Å². The summed E-state index contributed by atoms with van der Waals surface area (Å²) in [5.41, 5.74) is 2.02. The number of benzene rings is 1. The number of amides is 1. The van der Waals surface area contributed by atoms with E-state index in [-0.39, 0.29) is 23.4 Å². The van der Waals surface area contributed by atoms with Gasteiger partial charge in [0.25, 0.3) is 5.91 Å². The number of ether oxygens (including phenoxy) is 1. The van der Waals surface area contributed by atoms with E-state index >= 15 is 0 Å². The molecule has 1 heterocycles. The van der Waals surface area contributed by atoms with Gasteiger partial charge in [-0.15, -0.1) is 0 Å². The highest BCUT2D eigenvalue weighted by molar-refractivity contribution is 7.91. The molecule has 1 aliphatic heterocycles. The molecule has 174 valence electrons. The van der Waals surface area contributed by atoms with Crippen molar-refractivity contribution >= 4 is 15.7 Å². The number of hydrogen-bond donors (Lipinski definition) is 0. The molecule has 1 saturated heterocycles. The Morgan fingerprint density at radius 1 is 1.00 bits per heavy atom. The van der Waals surface area contributed by atoms with Crippen molar-refractivity contribution in [3.8, 4) is 0 Å². The SMILES string of the molecule is CC1CN(C(=O)c2ccc(CCC3CCC(CS(=O)(=O)C(C)C)CC3)cc2)C[C@H](C)O1. The molecule has 0 radical (unpaired) electrons. The summed E-state index contributed by atoms with van der Waals surface area (Å²) in [6.07, 6.45) is 6.61. The highest BCUT2D eigenvalue weighted by Crippen LogP contribution is 2.33. The minimum absolute atomic E-state index is 0.0764. The Labute approximate surface area is 188 Å². The largest absolute Gasteiger partial charge is 0.372 e. The topological polar surface area (TPSA) is 63.7 Å². The number of carbonyl (C=O) groups excluding carboxylic acids is 1. The molecule has 6 heteroatoms. The average Bonchev–Trinajstić information content (AvgIpc) is 2.72. The molecule has 1 saturated carbocycles. The van der Waals surface area contributed by atoms with Crippen LogP contribution in [-0.4, -0.2) is 55.5 Å². The van der Waals surface area contributed by atoms with E-state index < -0.39 is 9.84 Å². The van der Waals surface area contributed by atoms with Gasteiger partial charge < -0.3 is 9.64 Å². The fourth-order valence-electron chi connectivity index (χ4n) is 4.92. The second kappa shape index (κ2) is 10.5. The normalized spacial score (nSPS) is 27.5. The van der Waals surface area contributed by atoms with Gasteiger partial charge >= 0.3 is 0 Å². The molecule has 31 heavy (non-hydrogen) atoms. The van der Waals surface area contributed by atoms with E-state index in [2.05, 4.69) is 12.1 Å². The van der Waals surface area contributed by atoms with Gasteiger partial charge in [-0.1, -0.05) is 25.0 Å². The first-order valence-corrected chi connectivity index (χ1v) is 13.6. The van der Waals surface area contributed by atoms with Crippen LogP contribution in [-0.2, 0) is 21.0 Å². The van der Waals surface area contributed by atoms with Gasteiger partial charge in [0.15, 0.2) is 9.84 Å². The number of aryl methyl sites for hydroxylation is 1. The minimum atomic E-state index is -2.93. The van der Waals surface area contributed by atoms with Gasteiger partial charge in [0, 0.05) is 18.7 Å². The van der Waals surface area contributed by atoms with Crippen LogP contribution in [0.2, 0.25) is 0 Å². The van der Waals surface area contributed by atoms with Crippen molar-refractivity contribution in [3.05, 3.63) is 35.4 Å². The number of morpholine rings is 1. The second-order valence-electron chi connectivity index (χ2n) is 9.97. The van der Waals surface area contributed by atoms with E-state index in [1.807, 2.05) is 30.9 Å². The summed E-state index contributed by atoms with van der Waals surface area (Å²) in [5.74, 6) is 1.45. The number of nitrogens with zero attached hydrogens (tertiary/aromatic N) is 1. The Balaban J connectivity index is 1.44. The van der Waals surface area contributed by atoms with Crippen LogP contribution in [0.3, 0.4) is 0 Å². The van der Waals surface area contributed by atoms with E-state index in [0.29, 0.717) is 30.7 Å². The van der Waals surface area contributed by atoms with Gasteiger partial charge in [0.1, 0.15) is 0 Å². The van der Waals surface area contributed by atoms with Gasteiger partial charge in [0.05, 0.1) is 23.2 Å². The predicted octanol–water partition coefficient (Wildman–Crippen LogP) is 4.50. The zero-order chi connectivity index (χ0) is 22.6. The van der Waals surface area contributed by atoms with Gasteiger partial charge in [-0.05, 0) is 82.9 Å². The Morgan fingerprint density at radius 3 is 2.10 bits per heavy atom. The van der Waals surface area contributed by atoms with E-state index in [1.54, 1.807) is 13.8 Å². The average molecular weight is 450 g/mol. The van der Waals surface area contributed by atoms with E-state index in [9.17, 15) is 13.2 Å². The number of sulfone groups is 1. The molecule has 0 N–H and O–H groups in total. The predicted molar refractivity (Wildman–Crippen MR) is 125 cm³/mol. The molecule has 1 aliphatic carbocycles. The lowest BCUT2D eigenvalue weighted by Gasteiger charge is -2.35. The summed E-state index contributed by atoms with van der Waals surface area (Å²) in [4.78, 5) is 14.7. The first-order chi connectivity index (χ1) is 14.6. The van der Waals surface area contributed by atoms with E-state index in [0.717, 1.165) is 44.1 Å². The molecular weight excluding hydrogens is 410 g/mol. The maximum Gasteiger partial charge on any atom is 0.254 e. The molecule has 1 aromatic carbocycles. The molecule has 5 nitrogen and oxygen atoms in total. The van der Waals surface area contributed by atoms with Crippen molar-refractivity contribution in [3.63, 3.8) is 0 Å². The molecular formula is C25H39NO4S. The van der Waals surface area contributed by atoms with Gasteiger partial charge in [-0.3, -0.25) is 4.79 Å². The summed E-state index contributed by atoms with van der Waals surface area (Å²) >= 11 is 0. The summed E-state index contributed by atoms with van der Waals surface area (Å²) in [5, 5.41) is -0.268. The van der Waals surface area contributed by atoms with Crippen LogP contribution in [0.15, 0.2) is 24.3 Å². The lowest BCUT2D eigenvalue weighted by atomic mass is 9.80. The lowest BCUT2D eigenvalue weighted by molar-refractivity contribution is -0.0586. The summed E-state index contributed by atoms with van der Waals surface area (Å²) in [7, 11) is -2.93. The van der Waals surface area contributed by atoms with E-state index in [4.69, 9.17) is 4.74 Å². The first kappa shape index (κ1) is 24.2. The monoisotopic (exact) mass is 449 g/mol. The zero-order valence-electron chi connectivity index (χ0n) is 19.5. The van der Waals surface area contributed by atoms with Crippen LogP contribution in [0.4, 0.5) is 0 Å². The molecule has 0 bridgehead atoms. The quantitative estimate of drug-likeness (QED) is 0.615. The van der Waals surface area contributed by atoms with Gasteiger partial charge in [-0.2, -0.15) is 0 Å². The molecule has 0 aromatic heterocycles. The van der Waals surface area contributed by atoms with Crippen molar-refractivity contribution in [2.45, 2.75) is 83.7 Å². The molecule has 0 spiro atoms. The van der Waals surface area contributed by atoms with Crippen molar-refractivity contribution in [2.24, 2.45) is 11.8 Å². The fourth-order valence-corrected chi connectivity index (χ4v) is 6.29. The van der Waals surface area contributed by atoms with Gasteiger partial charge in [-0.25, -0.2) is 8.42 Å². The molecule has 2 fully saturated rings. The second-order valence-corrected chi connectivity index (χ2v) is 12.6. The third-order valence-electron chi connectivity index (χ3n) is 6.90. The molecule has 3 rings (SSSR count). The highest BCUT2D eigenvalue weighted by atomic mass is 32.2. The Morgan fingerprint density at radius 2 is 1.55 bits per heavy atom. The fraction of sp³-hybridized carbons (Fsp3) is 0.720. The number of rotatable bonds is 7. The number of hydrogen-bond acceptors (Lipinski definition) is 4. The van der Waals surface area contributed by atoms with Crippen molar-refractivity contribution < 1.29 is 17.9 Å². The summed E-state index contributed by atoms with van der Waals surface area (Å²) < 4.78 is 30.1. The number of carbonyl (C=O) groups is 1. The standard InChI is InChI=1S/C25H39NO4S/c1-18(2)31(28,29)17-23-9-7-21(8-10-23)5-6-22-11-13-24(14-12-22)25(27)26-15-19(3)30-20(4)16-26/h11-14,18-21,23H,5-10,15-17H2,1-4H3/t19-,20?,21?,23?/m0/s1. The van der Waals surface area contributed by atoms with Crippen LogP contribution in [0.25, 0.3) is 0 Å². The molecule has 2 aliphatic rings. The van der Waals surface area contributed by atoms with Gasteiger partial charge in [0.2, 0.25) is 0 Å². The smallest absolute Gasteiger partial charge is 0.254 e. The van der Waals surface area contributed by atoms with Crippen LogP contribution in [0.1, 0.15) is 75.7 Å². The van der Waals surface area contributed by atoms with Crippen molar-refractivity contribution in [2.75, 3.05) is 18.8 Å². The lowest BCUT2D eigenvalue weighted by Crippen LogP contribution is -2.48. The van der Waals surface area contributed by atoms with Crippen LogP contribution < -0.4 is 0 Å². The van der Waals surface area contributed by atoms with E-state index in [1.165, 1.54) is 5.56 Å². The maximum absolute atomic E-state index is 12.8. The molecule has 1 amide bonds. The maximum atomic E-state index is 12.8. The molecule has 1 aromatic rings. The third kappa shape index (κ3) is 6.79. The summed E-state index contributed by atoms with van der Waals surface area (Å²) in [6.45, 7) is 8.87. The Hall–Kier alpha value is -1.40. The molecule has 2 atom stereocenters. The third-order valence-corrected chi connectivity index (χ3v) is 9.27. The minimum Gasteiger partial charge on any atom is -0.372 e.